The van der Waals surface area contributed by atoms with E-state index in [4.69, 9.17) is 5.84 Å². The quantitative estimate of drug-likeness (QED) is 0.244. The van der Waals surface area contributed by atoms with Gasteiger partial charge in [-0.05, 0) is 0 Å². The van der Waals surface area contributed by atoms with Gasteiger partial charge in [-0.15, -0.1) is 0 Å². The highest BCUT2D eigenvalue weighted by Crippen LogP contribution is 1.74. The lowest BCUT2D eigenvalue weighted by atomic mass is 11.5. The first kappa shape index (κ1) is 4.65. The molecule has 0 aliphatic rings. The normalized spacial score (nSPS) is 9.00. The lowest BCUT2D eigenvalue weighted by Gasteiger charge is -1.87. The van der Waals surface area contributed by atoms with E-state index in [9.17, 15) is 0 Å². The fourth-order valence-corrected chi connectivity index (χ4v) is 0. The molecule has 0 aromatic carbocycles. The third-order valence-corrected chi connectivity index (χ3v) is 0. The predicted molar refractivity (Wildman–Crippen MR) is 26.0 cm³/mol. The highest BCUT2D eigenvalue weighted by molar-refractivity contribution is 14.1. The fraction of sp³-hybridized carbons (Fsp3) is 1.00. The first-order valence-electron chi connectivity index (χ1n) is 0.874. The Bertz CT molecular complexity index is 10.8. The number of hydrogen-bond donors (Lipinski definition) is 1. The summed E-state index contributed by atoms with van der Waals surface area (Å²) in [5, 5.41) is 0. The molecule has 0 aliphatic carbocycles. The van der Waals surface area contributed by atoms with Crippen molar-refractivity contribution in [2.75, 3.05) is 7.05 Å². The number of halogens is 1. The van der Waals surface area contributed by atoms with Crippen LogP contribution in [0.25, 0.3) is 0 Å². The average molecular weight is 172 g/mol. The van der Waals surface area contributed by atoms with Gasteiger partial charge in [0.1, 0.15) is 0 Å². The maximum absolute atomic E-state index is 4.93. The molecule has 0 bridgehead atoms. The second kappa shape index (κ2) is 1.92. The van der Waals surface area contributed by atoms with E-state index in [0.29, 0.717) is 0 Å². The first-order chi connectivity index (χ1) is 1.73. The van der Waals surface area contributed by atoms with Crippen LogP contribution < -0.4 is 5.84 Å². The van der Waals surface area contributed by atoms with Gasteiger partial charge in [0, 0.05) is 29.9 Å². The second-order valence-corrected chi connectivity index (χ2v) is 2.05. The Kier molecular flexibility index (Phi) is 2.24. The minimum absolute atomic E-state index is 1.47. The van der Waals surface area contributed by atoms with Crippen molar-refractivity contribution < 1.29 is 0 Å². The lowest BCUT2D eigenvalue weighted by Crippen LogP contribution is -2.10. The van der Waals surface area contributed by atoms with Gasteiger partial charge in [-0.2, -0.15) is 3.22 Å². The Balaban J connectivity index is 2.32. The smallest absolute Gasteiger partial charge is 0.0361 e. The van der Waals surface area contributed by atoms with Gasteiger partial charge in [0.15, 0.2) is 0 Å². The molecule has 0 saturated heterocycles. The molecular weight excluding hydrogens is 167 g/mol. The number of hydrazine groups is 1. The summed E-state index contributed by atoms with van der Waals surface area (Å²) in [7, 11) is 1.76. The van der Waals surface area contributed by atoms with Gasteiger partial charge in [0.25, 0.3) is 0 Å². The molecule has 0 heterocycles. The molecule has 2 N–H and O–H groups in total. The summed E-state index contributed by atoms with van der Waals surface area (Å²) in [6.07, 6.45) is 0. The van der Waals surface area contributed by atoms with Crippen LogP contribution in [-0.2, 0) is 0 Å². The van der Waals surface area contributed by atoms with Gasteiger partial charge in [-0.3, -0.25) is 5.84 Å². The van der Waals surface area contributed by atoms with Crippen LogP contribution in [-0.4, -0.2) is 10.3 Å². The predicted octanol–water partition coefficient (Wildman–Crippen LogP) is 0.142. The number of nitrogens with two attached hydrogens (primary N) is 1. The third kappa shape index (κ3) is 17.1. The van der Waals surface area contributed by atoms with E-state index in [0.717, 1.165) is 0 Å². The Labute approximate surface area is 39.4 Å². The van der Waals surface area contributed by atoms with Crippen molar-refractivity contribution in [3.05, 3.63) is 0 Å². The molecule has 0 atom stereocenters. The zero-order chi connectivity index (χ0) is 3.58. The minimum Gasteiger partial charge on any atom is -0.260 e. The molecule has 0 unspecified atom stereocenters. The third-order valence-electron chi connectivity index (χ3n) is 0. The Hall–Kier alpha value is 0.650. The molecule has 26 valence electrons. The molecule has 4 heavy (non-hydrogen) atoms. The standard InChI is InChI=1S/CH5IN2/c1-4(2)3/h3H2,1H3. The molecule has 2 nitrogen and oxygen atoms in total. The van der Waals surface area contributed by atoms with Crippen LogP contribution >= 0.6 is 22.9 Å². The van der Waals surface area contributed by atoms with Crippen molar-refractivity contribution >= 4 is 22.9 Å². The fourth-order valence-electron chi connectivity index (χ4n) is 0. The molecular formula is CH5IN2. The SMILES string of the molecule is CN(N)I. The topological polar surface area (TPSA) is 29.3 Å². The van der Waals surface area contributed by atoms with Crippen LogP contribution in [0.5, 0.6) is 0 Å². The molecule has 0 aromatic rings. The van der Waals surface area contributed by atoms with Crippen LogP contribution in [0, 0.1) is 0 Å². The van der Waals surface area contributed by atoms with Gasteiger partial charge >= 0.3 is 0 Å². The summed E-state index contributed by atoms with van der Waals surface area (Å²) < 4.78 is 1.47. The van der Waals surface area contributed by atoms with Crippen molar-refractivity contribution in [3.8, 4) is 0 Å². The van der Waals surface area contributed by atoms with Gasteiger partial charge in [-0.1, -0.05) is 0 Å². The molecule has 3 heteroatoms. The second-order valence-electron chi connectivity index (χ2n) is 0.525. The Morgan fingerprint density at radius 3 is 2.00 bits per heavy atom. The van der Waals surface area contributed by atoms with E-state index in [1.807, 2.05) is 22.9 Å². The van der Waals surface area contributed by atoms with Crippen LogP contribution in [0.3, 0.4) is 0 Å². The Morgan fingerprint density at radius 1 is 2.00 bits per heavy atom. The van der Waals surface area contributed by atoms with E-state index in [2.05, 4.69) is 0 Å². The van der Waals surface area contributed by atoms with Crippen LogP contribution in [0.2, 0.25) is 0 Å². The largest absolute Gasteiger partial charge is 0.260 e. The minimum atomic E-state index is 1.47. The summed E-state index contributed by atoms with van der Waals surface area (Å²) >= 11 is 1.95. The van der Waals surface area contributed by atoms with Gasteiger partial charge in [-0.25, -0.2) is 0 Å². The number of hydrogen-bond acceptors (Lipinski definition) is 2. The summed E-state index contributed by atoms with van der Waals surface area (Å²) in [5.41, 5.74) is 0. The lowest BCUT2D eigenvalue weighted by molar-refractivity contribution is 0.662. The number of nitrogens with zero attached hydrogens (tertiary/aromatic N) is 1. The highest BCUT2D eigenvalue weighted by Gasteiger charge is 1.61. The molecule has 0 aliphatic heterocycles. The Morgan fingerprint density at radius 2 is 2.00 bits per heavy atom. The average Bonchev–Trinajstić information content (AvgIpc) is 0.811. The summed E-state index contributed by atoms with van der Waals surface area (Å²) in [6, 6.07) is 0. The zero-order valence-electron chi connectivity index (χ0n) is 2.40. The van der Waals surface area contributed by atoms with Crippen molar-refractivity contribution in [1.82, 2.24) is 3.22 Å². The van der Waals surface area contributed by atoms with Gasteiger partial charge in [0.2, 0.25) is 0 Å². The van der Waals surface area contributed by atoms with E-state index >= 15 is 0 Å². The van der Waals surface area contributed by atoms with Crippen LogP contribution in [0.4, 0.5) is 0 Å². The molecule has 0 amide bonds. The van der Waals surface area contributed by atoms with Crippen molar-refractivity contribution in [2.45, 2.75) is 0 Å². The molecule has 0 aromatic heterocycles. The maximum atomic E-state index is 4.93. The van der Waals surface area contributed by atoms with Crippen LogP contribution in [0.15, 0.2) is 0 Å². The van der Waals surface area contributed by atoms with E-state index in [1.165, 1.54) is 3.22 Å². The first-order valence-corrected chi connectivity index (χ1v) is 1.84. The molecule has 0 saturated carbocycles. The molecule has 0 radical (unpaired) electrons. The van der Waals surface area contributed by atoms with Gasteiger partial charge in [0.05, 0.1) is 0 Å². The van der Waals surface area contributed by atoms with Gasteiger partial charge < -0.3 is 0 Å². The van der Waals surface area contributed by atoms with Crippen molar-refractivity contribution in [2.24, 2.45) is 5.84 Å². The van der Waals surface area contributed by atoms with Crippen molar-refractivity contribution in [1.29, 1.82) is 0 Å². The molecule has 0 rings (SSSR count). The van der Waals surface area contributed by atoms with E-state index in [1.54, 1.807) is 7.05 Å². The molecule has 0 spiro atoms. The van der Waals surface area contributed by atoms with E-state index < -0.39 is 0 Å². The summed E-state index contributed by atoms with van der Waals surface area (Å²) in [4.78, 5) is 0. The molecule has 0 fully saturated rings. The van der Waals surface area contributed by atoms with E-state index in [-0.39, 0.29) is 0 Å². The monoisotopic (exact) mass is 172 g/mol. The maximum Gasteiger partial charge on any atom is 0.0361 e. The highest BCUT2D eigenvalue weighted by atomic mass is 127. The van der Waals surface area contributed by atoms with Crippen molar-refractivity contribution in [3.63, 3.8) is 0 Å². The summed E-state index contributed by atoms with van der Waals surface area (Å²) in [5.74, 6) is 4.93. The van der Waals surface area contributed by atoms with Crippen LogP contribution in [0.1, 0.15) is 0 Å². The number of rotatable bonds is 0. The zero-order valence-corrected chi connectivity index (χ0v) is 4.56. The summed E-state index contributed by atoms with van der Waals surface area (Å²) in [6.45, 7) is 0.